The van der Waals surface area contributed by atoms with E-state index in [4.69, 9.17) is 25.0 Å². The van der Waals surface area contributed by atoms with Gasteiger partial charge in [-0.1, -0.05) is 74.2 Å². The average Bonchev–Trinajstić information content (AvgIpc) is 3.78. The van der Waals surface area contributed by atoms with E-state index in [-0.39, 0.29) is 65.7 Å². The fourth-order valence-electron chi connectivity index (χ4n) is 8.20. The highest BCUT2D eigenvalue weighted by molar-refractivity contribution is 7.93. The number of rotatable bonds is 21. The second kappa shape index (κ2) is 22.3. The van der Waals surface area contributed by atoms with Gasteiger partial charge in [0.2, 0.25) is 21.8 Å². The number of nitrogen functional groups attached to an aromatic ring is 1. The summed E-state index contributed by atoms with van der Waals surface area (Å²) in [6, 6.07) is 28.1. The normalized spacial score (nSPS) is 12.6. The van der Waals surface area contributed by atoms with Crippen LogP contribution < -0.4 is 25.3 Å². The fraction of sp³-hybridized carbons (Fsp3) is 0.353. The van der Waals surface area contributed by atoms with Crippen LogP contribution in [0.4, 0.5) is 16.2 Å². The first-order valence-electron chi connectivity index (χ1n) is 23.1. The lowest BCUT2D eigenvalue weighted by molar-refractivity contribution is -0.117. The fourth-order valence-corrected chi connectivity index (χ4v) is 15.0. The van der Waals surface area contributed by atoms with Crippen molar-refractivity contribution in [2.75, 3.05) is 38.1 Å². The van der Waals surface area contributed by atoms with Crippen molar-refractivity contribution in [1.82, 2.24) is 29.4 Å². The van der Waals surface area contributed by atoms with Crippen molar-refractivity contribution in [3.05, 3.63) is 120 Å². The minimum Gasteiger partial charge on any atom is -0.497 e. The van der Waals surface area contributed by atoms with Crippen LogP contribution in [0.2, 0.25) is 25.7 Å². The lowest BCUT2D eigenvalue weighted by Crippen LogP contribution is -2.51. The van der Waals surface area contributed by atoms with Gasteiger partial charge in [0.1, 0.15) is 22.1 Å². The lowest BCUT2D eigenvalue weighted by Gasteiger charge is -2.37. The predicted molar refractivity (Wildman–Crippen MR) is 280 cm³/mol. The number of anilines is 2. The van der Waals surface area contributed by atoms with Crippen LogP contribution in [-0.2, 0) is 44.3 Å². The first-order chi connectivity index (χ1) is 33.8. The highest BCUT2D eigenvalue weighted by atomic mass is 32.2. The number of nitrogens with one attached hydrogen (secondary N) is 1. The number of nitrogens with two attached hydrogens (primary N) is 1. The zero-order chi connectivity index (χ0) is 52.8. The quantitative estimate of drug-likeness (QED) is 0.0452. The van der Waals surface area contributed by atoms with Crippen molar-refractivity contribution in [1.29, 1.82) is 0 Å². The molecule has 0 bridgehead atoms. The van der Waals surface area contributed by atoms with Crippen molar-refractivity contribution in [2.45, 2.75) is 101 Å². The molecule has 1 aromatic heterocycles. The van der Waals surface area contributed by atoms with Crippen LogP contribution in [0.1, 0.15) is 50.8 Å². The molecular formula is C51H64N8O10S2Si. The van der Waals surface area contributed by atoms with Crippen LogP contribution in [0.25, 0.3) is 22.5 Å². The van der Waals surface area contributed by atoms with Gasteiger partial charge in [0.25, 0.3) is 0 Å². The van der Waals surface area contributed by atoms with Gasteiger partial charge in [-0.15, -0.1) is 10.2 Å². The van der Waals surface area contributed by atoms with Crippen molar-refractivity contribution in [3.8, 4) is 39.8 Å². The highest BCUT2D eigenvalue weighted by Crippen LogP contribution is 2.44. The Balaban J connectivity index is 1.62. The average molecular weight is 1040 g/mol. The summed E-state index contributed by atoms with van der Waals surface area (Å²) in [5, 5.41) is 26.3. The number of sulfonamides is 1. The van der Waals surface area contributed by atoms with Crippen LogP contribution in [0, 0.1) is 0 Å². The summed E-state index contributed by atoms with van der Waals surface area (Å²) in [5.74, 6) is 0.641. The summed E-state index contributed by atoms with van der Waals surface area (Å²) in [7, 11) is -6.75. The predicted octanol–water partition coefficient (Wildman–Crippen LogP) is 8.66. The molecule has 72 heavy (non-hydrogen) atoms. The number of benzene rings is 5. The second-order valence-corrected chi connectivity index (χ2v) is 29.2. The van der Waals surface area contributed by atoms with Gasteiger partial charge in [-0.05, 0) is 110 Å². The zero-order valence-corrected chi connectivity index (χ0v) is 45.0. The molecule has 0 saturated carbocycles. The van der Waals surface area contributed by atoms with Gasteiger partial charge in [-0.25, -0.2) is 21.6 Å². The Bertz CT molecular complexity index is 3050. The number of amides is 2. The number of para-hydroxylation sites is 1. The molecule has 4 N–H and O–H groups in total. The number of hydrogen-bond donors (Lipinski definition) is 3. The van der Waals surface area contributed by atoms with E-state index in [1.165, 1.54) is 40.4 Å². The van der Waals surface area contributed by atoms with E-state index >= 15 is 8.42 Å². The van der Waals surface area contributed by atoms with Crippen LogP contribution >= 0.6 is 0 Å². The Hall–Kier alpha value is -6.81. The molecule has 0 aliphatic heterocycles. The monoisotopic (exact) mass is 1040 g/mol. The summed E-state index contributed by atoms with van der Waals surface area (Å²) >= 11 is 0. The van der Waals surface area contributed by atoms with Gasteiger partial charge in [0.05, 0.1) is 55.5 Å². The molecule has 0 fully saturated rings. The standard InChI is InChI=1S/C51H64N8O10S2Si/c1-34(59(50(61)62)51(2,3)4)30-45(60)53-43-13-11-12-42(47(43)52)41-26-27-44(70(63,64)28-29-72(8,9)10)48(46(41)49-54-56-58(55-49)33-37-18-24-40(69-7)25-19-37)71(65,66)57(31-35-14-20-38(67-5)21-15-35)32-36-16-22-39(68-6)23-17-36/h11-27,34H,28-33,52H2,1-10H3,(H,53,60)(H,61,62). The van der Waals surface area contributed by atoms with E-state index in [9.17, 15) is 23.1 Å². The third kappa shape index (κ3) is 13.2. The number of hydrogen-bond acceptors (Lipinski definition) is 13. The Kier molecular flexibility index (Phi) is 16.9. The molecule has 21 heteroatoms. The smallest absolute Gasteiger partial charge is 0.407 e. The van der Waals surface area contributed by atoms with E-state index in [0.717, 1.165) is 5.56 Å². The molecular weight excluding hydrogens is 977 g/mol. The van der Waals surface area contributed by atoms with E-state index in [1.54, 1.807) is 114 Å². The Morgan fingerprint density at radius 3 is 1.79 bits per heavy atom. The summed E-state index contributed by atoms with van der Waals surface area (Å²) in [5.41, 5.74) is 8.35. The molecule has 0 aliphatic rings. The van der Waals surface area contributed by atoms with Crippen LogP contribution in [0.3, 0.4) is 0 Å². The third-order valence-corrected chi connectivity index (χ3v) is 17.8. The van der Waals surface area contributed by atoms with Gasteiger partial charge in [-0.2, -0.15) is 9.10 Å². The molecule has 0 saturated heterocycles. The Labute approximate surface area is 423 Å². The van der Waals surface area contributed by atoms with Crippen molar-refractivity contribution < 1.29 is 45.7 Å². The SMILES string of the molecule is COc1ccc(CN(Cc2ccc(OC)cc2)S(=O)(=O)c2c(S(=O)(=O)CC[Si](C)(C)C)ccc(-c3cccc(NC(=O)CC(C)N(C(=O)O)C(C)(C)C)c3N)c2-c2nnn(Cc3ccc(OC)cc3)n2)cc1. The Morgan fingerprint density at radius 1 is 0.778 bits per heavy atom. The zero-order valence-electron chi connectivity index (χ0n) is 42.3. The maximum atomic E-state index is 16.2. The van der Waals surface area contributed by atoms with E-state index < -0.39 is 61.3 Å². The molecule has 1 unspecified atom stereocenters. The third-order valence-electron chi connectivity index (χ3n) is 11.9. The lowest BCUT2D eigenvalue weighted by atomic mass is 9.96. The number of aromatic nitrogens is 4. The largest absolute Gasteiger partial charge is 0.497 e. The van der Waals surface area contributed by atoms with Gasteiger partial charge < -0.3 is 35.3 Å². The van der Waals surface area contributed by atoms with Crippen LogP contribution in [-0.4, -0.2) is 110 Å². The molecule has 1 heterocycles. The van der Waals surface area contributed by atoms with E-state index in [0.29, 0.717) is 34.4 Å². The summed E-state index contributed by atoms with van der Waals surface area (Å²) in [4.78, 5) is 27.4. The molecule has 0 aliphatic carbocycles. The second-order valence-electron chi connectivity index (χ2n) is 19.6. The first kappa shape index (κ1) is 54.5. The number of ether oxygens (including phenoxy) is 3. The van der Waals surface area contributed by atoms with E-state index in [1.807, 2.05) is 31.8 Å². The highest BCUT2D eigenvalue weighted by Gasteiger charge is 2.39. The summed E-state index contributed by atoms with van der Waals surface area (Å²) in [6.45, 7) is 12.6. The topological polar surface area (TPSA) is 238 Å². The number of methoxy groups -OCH3 is 3. The minimum absolute atomic E-state index is 0.00213. The van der Waals surface area contributed by atoms with E-state index in [2.05, 4.69) is 15.6 Å². The van der Waals surface area contributed by atoms with Crippen LogP contribution in [0.15, 0.2) is 113 Å². The molecule has 0 spiro atoms. The maximum absolute atomic E-state index is 16.2. The molecule has 5 aromatic carbocycles. The molecule has 6 rings (SSSR count). The van der Waals surface area contributed by atoms with Gasteiger partial charge in [0, 0.05) is 44.7 Å². The van der Waals surface area contributed by atoms with Crippen molar-refractivity contribution >= 4 is 51.3 Å². The number of nitrogens with zero attached hydrogens (tertiary/aromatic N) is 6. The number of sulfone groups is 1. The summed E-state index contributed by atoms with van der Waals surface area (Å²) in [6.07, 6.45) is -1.40. The summed E-state index contributed by atoms with van der Waals surface area (Å²) < 4.78 is 79.6. The molecule has 1 atom stereocenters. The Morgan fingerprint density at radius 2 is 1.31 bits per heavy atom. The first-order valence-corrected chi connectivity index (χ1v) is 29.9. The van der Waals surface area contributed by atoms with Crippen LogP contribution in [0.5, 0.6) is 17.2 Å². The minimum atomic E-state index is -4.94. The molecule has 0 radical (unpaired) electrons. The number of carbonyl (C=O) groups excluding carboxylic acids is 1. The van der Waals surface area contributed by atoms with Gasteiger partial charge in [-0.3, -0.25) is 4.79 Å². The van der Waals surface area contributed by atoms with Crippen molar-refractivity contribution in [2.24, 2.45) is 0 Å². The molecule has 18 nitrogen and oxygen atoms in total. The maximum Gasteiger partial charge on any atom is 0.407 e. The molecule has 2 amide bonds. The van der Waals surface area contributed by atoms with Gasteiger partial charge in [0.15, 0.2) is 9.84 Å². The van der Waals surface area contributed by atoms with Crippen molar-refractivity contribution in [3.63, 3.8) is 0 Å². The molecule has 384 valence electrons. The number of carboxylic acid groups (broad SMARTS) is 1. The number of carbonyl (C=O) groups is 2. The van der Waals surface area contributed by atoms with Gasteiger partial charge >= 0.3 is 6.09 Å². The molecule has 6 aromatic rings. The number of tetrazole rings is 1.